The zero-order valence-electron chi connectivity index (χ0n) is 21.1. The van der Waals surface area contributed by atoms with Crippen molar-refractivity contribution in [2.45, 2.75) is 24.3 Å². The van der Waals surface area contributed by atoms with Crippen LogP contribution in [-0.2, 0) is 23.0 Å². The number of carbonyl (C=O) groups excluding carboxylic acids is 1. The number of aromatic nitrogens is 1. The molecule has 0 unspecified atom stereocenters. The molecule has 0 bridgehead atoms. The van der Waals surface area contributed by atoms with Gasteiger partial charge in [0.25, 0.3) is 15.9 Å². The Kier molecular flexibility index (Phi) is 6.58. The fourth-order valence-corrected chi connectivity index (χ4v) is 7.21. The number of para-hydroxylation sites is 1. The third kappa shape index (κ3) is 4.77. The van der Waals surface area contributed by atoms with Crippen LogP contribution >= 0.6 is 11.3 Å². The largest absolute Gasteiger partial charge is 0.497 e. The molecule has 0 atom stereocenters. The number of methoxy groups -OCH3 is 1. The number of nitrogens with zero attached hydrogens (tertiary/aromatic N) is 3. The van der Waals surface area contributed by atoms with Crippen LogP contribution in [0.15, 0.2) is 94.4 Å². The lowest BCUT2D eigenvalue weighted by atomic mass is 10.0. The van der Waals surface area contributed by atoms with E-state index in [0.29, 0.717) is 34.4 Å². The van der Waals surface area contributed by atoms with Crippen LogP contribution in [0.2, 0.25) is 0 Å². The molecule has 0 saturated carbocycles. The SMILES string of the molecule is COc1ccc2sc(N(Cc3ccco3)C(=O)c3ccc(S(=O)(=O)N4CCCc5ccccc54)cc3)nc2c1. The number of thiazole rings is 1. The standard InChI is InChI=1S/C29H25N3O5S2/c1-36-22-12-15-27-25(18-22)30-29(38-27)31(19-23-8-5-17-37-23)28(33)21-10-13-24(14-11-21)39(34,35)32-16-4-7-20-6-2-3-9-26(20)32/h2-3,5-6,8-15,17-18H,4,7,16,19H2,1H3. The summed E-state index contributed by atoms with van der Waals surface area (Å²) in [7, 11) is -2.19. The van der Waals surface area contributed by atoms with Crippen molar-refractivity contribution >= 4 is 48.3 Å². The number of amides is 1. The number of rotatable bonds is 7. The number of sulfonamides is 1. The molecule has 6 rings (SSSR count). The van der Waals surface area contributed by atoms with Gasteiger partial charge < -0.3 is 9.15 Å². The molecule has 8 nitrogen and oxygen atoms in total. The van der Waals surface area contributed by atoms with E-state index in [0.717, 1.165) is 28.6 Å². The first-order valence-electron chi connectivity index (χ1n) is 12.4. The fraction of sp³-hybridized carbons (Fsp3) is 0.172. The number of aryl methyl sites for hydroxylation is 1. The Morgan fingerprint density at radius 2 is 1.90 bits per heavy atom. The third-order valence-electron chi connectivity index (χ3n) is 6.71. The maximum absolute atomic E-state index is 13.8. The van der Waals surface area contributed by atoms with Gasteiger partial charge in [0.05, 0.1) is 40.7 Å². The van der Waals surface area contributed by atoms with E-state index in [1.807, 2.05) is 42.5 Å². The van der Waals surface area contributed by atoms with Gasteiger partial charge in [-0.15, -0.1) is 0 Å². The normalized spacial score (nSPS) is 13.3. The molecule has 3 heterocycles. The minimum Gasteiger partial charge on any atom is -0.497 e. The number of hydrogen-bond acceptors (Lipinski definition) is 7. The predicted molar refractivity (Wildman–Crippen MR) is 151 cm³/mol. The number of hydrogen-bond donors (Lipinski definition) is 0. The summed E-state index contributed by atoms with van der Waals surface area (Å²) >= 11 is 1.38. The highest BCUT2D eigenvalue weighted by atomic mass is 32.2. The van der Waals surface area contributed by atoms with Gasteiger partial charge in [-0.1, -0.05) is 29.5 Å². The zero-order valence-corrected chi connectivity index (χ0v) is 22.7. The molecule has 0 fully saturated rings. The van der Waals surface area contributed by atoms with Crippen molar-refractivity contribution in [3.05, 3.63) is 102 Å². The van der Waals surface area contributed by atoms with Crippen LogP contribution < -0.4 is 13.9 Å². The van der Waals surface area contributed by atoms with Crippen molar-refractivity contribution in [3.63, 3.8) is 0 Å². The Bertz CT molecular complexity index is 1750. The highest BCUT2D eigenvalue weighted by Crippen LogP contribution is 2.34. The molecule has 1 aliphatic heterocycles. The van der Waals surface area contributed by atoms with Crippen LogP contribution in [0.3, 0.4) is 0 Å². The molecule has 0 radical (unpaired) electrons. The number of carbonyl (C=O) groups is 1. The molecule has 10 heteroatoms. The molecular weight excluding hydrogens is 534 g/mol. The quantitative estimate of drug-likeness (QED) is 0.247. The molecule has 0 N–H and O–H groups in total. The van der Waals surface area contributed by atoms with Gasteiger partial charge in [0.2, 0.25) is 0 Å². The topological polar surface area (TPSA) is 92.9 Å². The van der Waals surface area contributed by atoms with E-state index in [-0.39, 0.29) is 17.3 Å². The van der Waals surface area contributed by atoms with Crippen molar-refractivity contribution in [1.82, 2.24) is 4.98 Å². The van der Waals surface area contributed by atoms with E-state index >= 15 is 0 Å². The molecule has 1 amide bonds. The van der Waals surface area contributed by atoms with Crippen LogP contribution in [0.1, 0.15) is 28.1 Å². The molecule has 3 aromatic carbocycles. The Hall–Kier alpha value is -4.15. The molecule has 39 heavy (non-hydrogen) atoms. The van der Waals surface area contributed by atoms with Crippen molar-refractivity contribution < 1.29 is 22.4 Å². The number of anilines is 2. The first-order valence-corrected chi connectivity index (χ1v) is 14.7. The van der Waals surface area contributed by atoms with Crippen LogP contribution in [0.25, 0.3) is 10.2 Å². The smallest absolute Gasteiger partial charge is 0.264 e. The number of benzene rings is 3. The Morgan fingerprint density at radius 3 is 2.67 bits per heavy atom. The monoisotopic (exact) mass is 559 g/mol. The van der Waals surface area contributed by atoms with Crippen LogP contribution in [0.5, 0.6) is 5.75 Å². The van der Waals surface area contributed by atoms with Gasteiger partial charge in [-0.05, 0) is 73.0 Å². The van der Waals surface area contributed by atoms with Crippen molar-refractivity contribution in [2.24, 2.45) is 0 Å². The Labute approximate surface area is 230 Å². The fourth-order valence-electron chi connectivity index (χ4n) is 4.72. The van der Waals surface area contributed by atoms with E-state index < -0.39 is 10.0 Å². The minimum atomic E-state index is -3.78. The van der Waals surface area contributed by atoms with Crippen LogP contribution in [0.4, 0.5) is 10.8 Å². The molecule has 198 valence electrons. The number of fused-ring (bicyclic) bond motifs is 2. The molecular formula is C29H25N3O5S2. The summed E-state index contributed by atoms with van der Waals surface area (Å²) in [5.41, 5.74) is 2.79. The summed E-state index contributed by atoms with van der Waals surface area (Å²) < 4.78 is 40.3. The molecule has 0 aliphatic carbocycles. The first-order chi connectivity index (χ1) is 18.9. The van der Waals surface area contributed by atoms with Gasteiger partial charge in [-0.25, -0.2) is 13.4 Å². The Balaban J connectivity index is 1.32. The molecule has 2 aromatic heterocycles. The lowest BCUT2D eigenvalue weighted by Gasteiger charge is -2.30. The summed E-state index contributed by atoms with van der Waals surface area (Å²) in [6.45, 7) is 0.590. The highest BCUT2D eigenvalue weighted by molar-refractivity contribution is 7.92. The molecule has 0 saturated heterocycles. The summed E-state index contributed by atoms with van der Waals surface area (Å²) in [6.07, 6.45) is 3.15. The van der Waals surface area contributed by atoms with Gasteiger partial charge in [0, 0.05) is 18.2 Å². The molecule has 1 aliphatic rings. The van der Waals surface area contributed by atoms with E-state index in [1.54, 1.807) is 42.5 Å². The summed E-state index contributed by atoms with van der Waals surface area (Å²) in [5.74, 6) is 0.962. The van der Waals surface area contributed by atoms with Crippen LogP contribution in [0, 0.1) is 0 Å². The van der Waals surface area contributed by atoms with Gasteiger partial charge in [-0.2, -0.15) is 0 Å². The first kappa shape index (κ1) is 25.1. The third-order valence-corrected chi connectivity index (χ3v) is 9.60. The van der Waals surface area contributed by atoms with E-state index in [9.17, 15) is 13.2 Å². The maximum Gasteiger partial charge on any atom is 0.264 e. The number of ether oxygens (including phenoxy) is 1. The van der Waals surface area contributed by atoms with Gasteiger partial charge in [0.15, 0.2) is 5.13 Å². The number of furan rings is 1. The molecule has 5 aromatic rings. The van der Waals surface area contributed by atoms with Crippen LogP contribution in [-0.4, -0.2) is 33.0 Å². The van der Waals surface area contributed by atoms with E-state index in [2.05, 4.69) is 4.98 Å². The van der Waals surface area contributed by atoms with Crippen molar-refractivity contribution in [1.29, 1.82) is 0 Å². The van der Waals surface area contributed by atoms with Gasteiger partial charge in [0.1, 0.15) is 11.5 Å². The summed E-state index contributed by atoms with van der Waals surface area (Å²) in [4.78, 5) is 20.1. The van der Waals surface area contributed by atoms with Gasteiger partial charge >= 0.3 is 0 Å². The lowest BCUT2D eigenvalue weighted by Crippen LogP contribution is -2.35. The van der Waals surface area contributed by atoms with E-state index in [1.165, 1.54) is 27.8 Å². The zero-order chi connectivity index (χ0) is 27.0. The second-order valence-electron chi connectivity index (χ2n) is 9.13. The second-order valence-corrected chi connectivity index (χ2v) is 12.0. The summed E-state index contributed by atoms with van der Waals surface area (Å²) in [6, 6.07) is 22.8. The molecule has 0 spiro atoms. The predicted octanol–water partition coefficient (Wildman–Crippen LogP) is 5.89. The lowest BCUT2D eigenvalue weighted by molar-refractivity contribution is 0.0983. The average Bonchev–Trinajstić information content (AvgIpc) is 3.64. The Morgan fingerprint density at radius 1 is 1.08 bits per heavy atom. The second kappa shape index (κ2) is 10.2. The summed E-state index contributed by atoms with van der Waals surface area (Å²) in [5, 5.41) is 0.501. The van der Waals surface area contributed by atoms with Crippen molar-refractivity contribution in [2.75, 3.05) is 22.9 Å². The van der Waals surface area contributed by atoms with Gasteiger partial charge in [-0.3, -0.25) is 14.0 Å². The minimum absolute atomic E-state index is 0.139. The van der Waals surface area contributed by atoms with Crippen molar-refractivity contribution in [3.8, 4) is 5.75 Å². The average molecular weight is 560 g/mol. The maximum atomic E-state index is 13.8. The van der Waals surface area contributed by atoms with E-state index in [4.69, 9.17) is 9.15 Å². The highest BCUT2D eigenvalue weighted by Gasteiger charge is 2.29.